The molecule has 3 rings (SSSR count). The highest BCUT2D eigenvalue weighted by atomic mass is 19.3. The molecule has 1 heterocycles. The Morgan fingerprint density at radius 3 is 2.61 bits per heavy atom. The number of nitrogens with zero attached hydrogens (tertiary/aromatic N) is 1. The van der Waals surface area contributed by atoms with E-state index >= 15 is 0 Å². The quantitative estimate of drug-likeness (QED) is 0.738. The van der Waals surface area contributed by atoms with Crippen LogP contribution in [-0.4, -0.2) is 25.0 Å². The molecule has 5 nitrogen and oxygen atoms in total. The number of nitrogens with one attached hydrogen (secondary N) is 1. The summed E-state index contributed by atoms with van der Waals surface area (Å²) >= 11 is 0. The van der Waals surface area contributed by atoms with Crippen molar-refractivity contribution in [2.24, 2.45) is 0 Å². The molecule has 0 saturated carbocycles. The lowest BCUT2D eigenvalue weighted by atomic mass is 10.1. The zero-order valence-corrected chi connectivity index (χ0v) is 15.1. The molecule has 146 valence electrons. The van der Waals surface area contributed by atoms with Crippen molar-refractivity contribution in [3.8, 4) is 5.75 Å². The molecular weight excluding hydrogens is 366 g/mol. The molecule has 1 aliphatic heterocycles. The summed E-state index contributed by atoms with van der Waals surface area (Å²) in [5.41, 5.74) is 2.12. The Morgan fingerprint density at radius 1 is 1.18 bits per heavy atom. The predicted octanol–water partition coefficient (Wildman–Crippen LogP) is 3.74. The van der Waals surface area contributed by atoms with Crippen LogP contribution in [-0.2, 0) is 16.1 Å². The second kappa shape index (κ2) is 9.12. The number of para-hydroxylation sites is 1. The summed E-state index contributed by atoms with van der Waals surface area (Å²) in [5.74, 6) is -0.196. The lowest BCUT2D eigenvalue weighted by Gasteiger charge is -2.15. The molecule has 0 radical (unpaired) electrons. The van der Waals surface area contributed by atoms with Gasteiger partial charge in [-0.2, -0.15) is 8.78 Å². The van der Waals surface area contributed by atoms with Gasteiger partial charge in [0, 0.05) is 36.8 Å². The van der Waals surface area contributed by atoms with Crippen LogP contribution in [0.5, 0.6) is 5.75 Å². The summed E-state index contributed by atoms with van der Waals surface area (Å²) in [7, 11) is 0. The van der Waals surface area contributed by atoms with Crippen molar-refractivity contribution in [3.63, 3.8) is 0 Å². The zero-order valence-electron chi connectivity index (χ0n) is 15.1. The fourth-order valence-electron chi connectivity index (χ4n) is 2.96. The highest BCUT2D eigenvalue weighted by Crippen LogP contribution is 2.22. The van der Waals surface area contributed by atoms with E-state index in [2.05, 4.69) is 10.1 Å². The van der Waals surface area contributed by atoms with E-state index in [9.17, 15) is 18.4 Å². The molecule has 2 amide bonds. The van der Waals surface area contributed by atoms with E-state index in [1.54, 1.807) is 29.2 Å². The summed E-state index contributed by atoms with van der Waals surface area (Å²) in [5, 5.41) is 2.64. The maximum absolute atomic E-state index is 12.4. The Kier molecular flexibility index (Phi) is 6.37. The molecular formula is C21H20F2N2O3. The van der Waals surface area contributed by atoms with Crippen LogP contribution in [0.2, 0.25) is 0 Å². The summed E-state index contributed by atoms with van der Waals surface area (Å²) in [6.45, 7) is -2.12. The van der Waals surface area contributed by atoms with E-state index in [1.807, 2.05) is 24.3 Å². The van der Waals surface area contributed by atoms with Gasteiger partial charge in [-0.15, -0.1) is 0 Å². The molecule has 1 N–H and O–H groups in total. The van der Waals surface area contributed by atoms with Gasteiger partial charge < -0.3 is 15.0 Å². The van der Waals surface area contributed by atoms with Gasteiger partial charge in [0.15, 0.2) is 0 Å². The number of benzene rings is 2. The zero-order chi connectivity index (χ0) is 19.9. The van der Waals surface area contributed by atoms with Crippen LogP contribution in [0, 0.1) is 0 Å². The molecule has 1 saturated heterocycles. The monoisotopic (exact) mass is 386 g/mol. The van der Waals surface area contributed by atoms with Crippen LogP contribution in [0.3, 0.4) is 0 Å². The molecule has 7 heteroatoms. The van der Waals surface area contributed by atoms with Gasteiger partial charge in [-0.25, -0.2) is 0 Å². The molecule has 0 spiro atoms. The summed E-state index contributed by atoms with van der Waals surface area (Å²) < 4.78 is 29.3. The van der Waals surface area contributed by atoms with Crippen LogP contribution in [0.15, 0.2) is 54.6 Å². The molecule has 0 bridgehead atoms. The van der Waals surface area contributed by atoms with E-state index in [0.717, 1.165) is 24.2 Å². The second-order valence-corrected chi connectivity index (χ2v) is 6.28. The minimum atomic E-state index is -2.92. The van der Waals surface area contributed by atoms with Crippen molar-refractivity contribution < 1.29 is 23.1 Å². The number of hydrogen-bond acceptors (Lipinski definition) is 3. The average Bonchev–Trinajstić information content (AvgIpc) is 3.11. The Balaban J connectivity index is 1.55. The molecule has 1 aliphatic rings. The maximum atomic E-state index is 12.4. The normalized spacial score (nSPS) is 14.1. The number of rotatable bonds is 7. The van der Waals surface area contributed by atoms with Crippen molar-refractivity contribution in [1.82, 2.24) is 5.32 Å². The average molecular weight is 386 g/mol. The minimum Gasteiger partial charge on any atom is -0.434 e. The third kappa shape index (κ3) is 5.16. The van der Waals surface area contributed by atoms with Gasteiger partial charge in [0.05, 0.1) is 0 Å². The molecule has 0 unspecified atom stereocenters. The van der Waals surface area contributed by atoms with Crippen LogP contribution in [0.1, 0.15) is 24.0 Å². The first-order chi connectivity index (χ1) is 13.5. The summed E-state index contributed by atoms with van der Waals surface area (Å²) in [6, 6.07) is 13.7. The van der Waals surface area contributed by atoms with Gasteiger partial charge >= 0.3 is 6.61 Å². The first-order valence-corrected chi connectivity index (χ1v) is 8.92. The van der Waals surface area contributed by atoms with Crippen molar-refractivity contribution in [3.05, 3.63) is 65.7 Å². The van der Waals surface area contributed by atoms with Crippen LogP contribution in [0.25, 0.3) is 6.08 Å². The van der Waals surface area contributed by atoms with E-state index < -0.39 is 6.61 Å². The molecule has 28 heavy (non-hydrogen) atoms. The van der Waals surface area contributed by atoms with Gasteiger partial charge in [-0.05, 0) is 36.3 Å². The van der Waals surface area contributed by atoms with E-state index in [1.165, 1.54) is 12.1 Å². The van der Waals surface area contributed by atoms with Crippen LogP contribution in [0.4, 0.5) is 14.5 Å². The molecule has 2 aromatic rings. The van der Waals surface area contributed by atoms with Gasteiger partial charge in [0.1, 0.15) is 5.75 Å². The number of amides is 2. The van der Waals surface area contributed by atoms with Crippen molar-refractivity contribution in [2.75, 3.05) is 11.4 Å². The number of anilines is 1. The molecule has 0 aromatic heterocycles. The topological polar surface area (TPSA) is 58.6 Å². The highest BCUT2D eigenvalue weighted by Gasteiger charge is 2.21. The predicted molar refractivity (Wildman–Crippen MR) is 102 cm³/mol. The number of carbonyl (C=O) groups excluding carboxylic acids is 2. The van der Waals surface area contributed by atoms with Gasteiger partial charge in [-0.3, -0.25) is 9.59 Å². The summed E-state index contributed by atoms with van der Waals surface area (Å²) in [4.78, 5) is 25.5. The lowest BCUT2D eigenvalue weighted by Crippen LogP contribution is -2.23. The minimum absolute atomic E-state index is 0.0360. The van der Waals surface area contributed by atoms with E-state index in [0.29, 0.717) is 12.0 Å². The SMILES string of the molecule is O=C(/C=C/c1ccc(N2CCCC2=O)cc1)NCc1ccccc1OC(F)F. The van der Waals surface area contributed by atoms with Crippen molar-refractivity contribution in [2.45, 2.75) is 26.0 Å². The Labute approximate surface area is 161 Å². The number of carbonyl (C=O) groups is 2. The highest BCUT2D eigenvalue weighted by molar-refractivity contribution is 5.95. The maximum Gasteiger partial charge on any atom is 0.387 e. The van der Waals surface area contributed by atoms with Gasteiger partial charge in [0.25, 0.3) is 0 Å². The number of ether oxygens (including phenoxy) is 1. The molecule has 0 aliphatic carbocycles. The first kappa shape index (κ1) is 19.5. The number of halogens is 2. The Morgan fingerprint density at radius 2 is 1.93 bits per heavy atom. The number of hydrogen-bond donors (Lipinski definition) is 1. The van der Waals surface area contributed by atoms with Crippen molar-refractivity contribution >= 4 is 23.6 Å². The van der Waals surface area contributed by atoms with E-state index in [-0.39, 0.29) is 24.1 Å². The standard InChI is InChI=1S/C21H20F2N2O3/c22-21(23)28-18-5-2-1-4-16(18)14-24-19(26)12-9-15-7-10-17(11-8-15)25-13-3-6-20(25)27/h1-2,4-5,7-12,21H,3,6,13-14H2,(H,24,26)/b12-9+. The number of alkyl halides is 2. The smallest absolute Gasteiger partial charge is 0.387 e. The van der Waals surface area contributed by atoms with Crippen molar-refractivity contribution in [1.29, 1.82) is 0 Å². The van der Waals surface area contributed by atoms with Gasteiger partial charge in [-0.1, -0.05) is 30.3 Å². The third-order valence-electron chi connectivity index (χ3n) is 4.35. The second-order valence-electron chi connectivity index (χ2n) is 6.28. The summed E-state index contributed by atoms with van der Waals surface area (Å²) in [6.07, 6.45) is 4.46. The fraction of sp³-hybridized carbons (Fsp3) is 0.238. The molecule has 2 aromatic carbocycles. The Bertz CT molecular complexity index is 866. The lowest BCUT2D eigenvalue weighted by molar-refractivity contribution is -0.117. The van der Waals surface area contributed by atoms with Gasteiger partial charge in [0.2, 0.25) is 11.8 Å². The largest absolute Gasteiger partial charge is 0.434 e. The van der Waals surface area contributed by atoms with Crippen LogP contribution < -0.4 is 15.0 Å². The molecule has 1 fully saturated rings. The molecule has 0 atom stereocenters. The fourth-order valence-corrected chi connectivity index (χ4v) is 2.96. The Hall–Kier alpha value is -3.22. The van der Waals surface area contributed by atoms with E-state index in [4.69, 9.17) is 0 Å². The third-order valence-corrected chi connectivity index (χ3v) is 4.35. The first-order valence-electron chi connectivity index (χ1n) is 8.92. The van der Waals surface area contributed by atoms with Crippen LogP contribution >= 0.6 is 0 Å².